The third-order valence-corrected chi connectivity index (χ3v) is 5.49. The van der Waals surface area contributed by atoms with Crippen molar-refractivity contribution in [1.82, 2.24) is 25.6 Å². The highest BCUT2D eigenvalue weighted by Gasteiger charge is 2.33. The maximum Gasteiger partial charge on any atom is 0.222 e. The Labute approximate surface area is 179 Å². The minimum Gasteiger partial charge on any atom is -0.497 e. The molecule has 9 heteroatoms. The van der Waals surface area contributed by atoms with Crippen LogP contribution < -0.4 is 20.1 Å². The third-order valence-electron chi connectivity index (χ3n) is 5.49. The Morgan fingerprint density at radius 3 is 2.87 bits per heavy atom. The molecule has 2 atom stereocenters. The maximum atomic E-state index is 12.7. The molecule has 2 amide bonds. The van der Waals surface area contributed by atoms with E-state index in [0.29, 0.717) is 30.9 Å². The van der Waals surface area contributed by atoms with E-state index in [0.717, 1.165) is 16.6 Å². The molecule has 1 aliphatic heterocycles. The van der Waals surface area contributed by atoms with E-state index in [1.54, 1.807) is 25.0 Å². The molecule has 1 aliphatic rings. The van der Waals surface area contributed by atoms with Gasteiger partial charge < -0.3 is 20.1 Å². The van der Waals surface area contributed by atoms with Crippen LogP contribution in [-0.2, 0) is 16.1 Å². The van der Waals surface area contributed by atoms with Gasteiger partial charge in [-0.05, 0) is 30.7 Å². The number of hydrogen-bond donors (Lipinski definition) is 2. The molecule has 3 aromatic rings. The molecule has 1 fully saturated rings. The molecule has 4 rings (SSSR count). The van der Waals surface area contributed by atoms with E-state index < -0.39 is 6.04 Å². The number of benzene rings is 2. The van der Waals surface area contributed by atoms with Gasteiger partial charge in [0.15, 0.2) is 0 Å². The number of rotatable bonds is 7. The first-order valence-corrected chi connectivity index (χ1v) is 10.2. The summed E-state index contributed by atoms with van der Waals surface area (Å²) in [5.74, 6) is 1.09. The lowest BCUT2D eigenvalue weighted by Gasteiger charge is -2.34. The predicted molar refractivity (Wildman–Crippen MR) is 114 cm³/mol. The van der Waals surface area contributed by atoms with Crippen LogP contribution in [0.4, 0.5) is 0 Å². The fraction of sp³-hybridized carbons (Fsp3) is 0.364. The van der Waals surface area contributed by atoms with Crippen molar-refractivity contribution in [2.24, 2.45) is 0 Å². The Bertz CT molecular complexity index is 1100. The van der Waals surface area contributed by atoms with Crippen LogP contribution in [0.3, 0.4) is 0 Å². The second kappa shape index (κ2) is 9.03. The molecule has 162 valence electrons. The van der Waals surface area contributed by atoms with Gasteiger partial charge in [0.05, 0.1) is 38.4 Å². The normalized spacial score (nSPS) is 18.5. The first-order valence-electron chi connectivity index (χ1n) is 10.2. The zero-order valence-electron chi connectivity index (χ0n) is 17.5. The van der Waals surface area contributed by atoms with Crippen molar-refractivity contribution in [3.8, 4) is 11.5 Å². The average molecular weight is 423 g/mol. The summed E-state index contributed by atoms with van der Waals surface area (Å²) in [5, 5.41) is 14.3. The Morgan fingerprint density at radius 1 is 1.23 bits per heavy atom. The predicted octanol–water partition coefficient (Wildman–Crippen LogP) is 1.97. The zero-order valence-corrected chi connectivity index (χ0v) is 17.5. The molecule has 0 radical (unpaired) electrons. The van der Waals surface area contributed by atoms with Crippen molar-refractivity contribution in [2.45, 2.75) is 37.9 Å². The summed E-state index contributed by atoms with van der Waals surface area (Å²) in [5.41, 5.74) is 2.48. The number of nitrogens with zero attached hydrogens (tertiary/aromatic N) is 3. The molecule has 2 heterocycles. The van der Waals surface area contributed by atoms with E-state index in [-0.39, 0.29) is 24.3 Å². The molecule has 2 aromatic carbocycles. The number of nitrogens with one attached hydrogen (secondary N) is 2. The van der Waals surface area contributed by atoms with Crippen molar-refractivity contribution in [1.29, 1.82) is 0 Å². The van der Waals surface area contributed by atoms with Gasteiger partial charge in [-0.15, -0.1) is 5.10 Å². The molecule has 0 bridgehead atoms. The summed E-state index contributed by atoms with van der Waals surface area (Å²) < 4.78 is 12.5. The Balaban J connectivity index is 1.47. The van der Waals surface area contributed by atoms with Gasteiger partial charge in [0.1, 0.15) is 17.0 Å². The van der Waals surface area contributed by atoms with E-state index in [1.807, 2.05) is 36.4 Å². The summed E-state index contributed by atoms with van der Waals surface area (Å²) in [6.07, 6.45) is 1.15. The van der Waals surface area contributed by atoms with Gasteiger partial charge in [0, 0.05) is 24.5 Å². The highest BCUT2D eigenvalue weighted by molar-refractivity contribution is 5.80. The van der Waals surface area contributed by atoms with E-state index in [4.69, 9.17) is 9.47 Å². The van der Waals surface area contributed by atoms with Gasteiger partial charge in [0.25, 0.3) is 0 Å². The van der Waals surface area contributed by atoms with Gasteiger partial charge in [-0.1, -0.05) is 17.3 Å². The Morgan fingerprint density at radius 2 is 2.06 bits per heavy atom. The van der Waals surface area contributed by atoms with Gasteiger partial charge in [0.2, 0.25) is 11.8 Å². The number of fused-ring (bicyclic) bond motifs is 1. The highest BCUT2D eigenvalue weighted by atomic mass is 16.5. The number of carbonyl (C=O) groups is 2. The second-order valence-corrected chi connectivity index (χ2v) is 7.42. The number of carbonyl (C=O) groups excluding carboxylic acids is 2. The highest BCUT2D eigenvalue weighted by Crippen LogP contribution is 2.34. The van der Waals surface area contributed by atoms with Crippen molar-refractivity contribution in [3.63, 3.8) is 0 Å². The van der Waals surface area contributed by atoms with Crippen molar-refractivity contribution < 1.29 is 19.1 Å². The second-order valence-electron chi connectivity index (χ2n) is 7.42. The SMILES string of the molecule is COc1ccc([C@@H]2NC(=O)CC[C@H]2NC(=O)CCn2nnc3ccccc32)c(OC)c1. The van der Waals surface area contributed by atoms with Gasteiger partial charge in [-0.2, -0.15) is 0 Å². The topological polar surface area (TPSA) is 107 Å². The number of hydrogen-bond acceptors (Lipinski definition) is 6. The lowest BCUT2D eigenvalue weighted by molar-refractivity contribution is -0.127. The van der Waals surface area contributed by atoms with E-state index in [9.17, 15) is 9.59 Å². The number of aryl methyl sites for hydroxylation is 1. The molecule has 2 N–H and O–H groups in total. The summed E-state index contributed by atoms with van der Waals surface area (Å²) in [6.45, 7) is 0.419. The molecule has 9 nitrogen and oxygen atoms in total. The smallest absolute Gasteiger partial charge is 0.222 e. The minimum atomic E-state index is -0.391. The van der Waals surface area contributed by atoms with Gasteiger partial charge in [-0.3, -0.25) is 9.59 Å². The number of methoxy groups -OCH3 is 2. The lowest BCUT2D eigenvalue weighted by atomic mass is 9.91. The fourth-order valence-corrected chi connectivity index (χ4v) is 3.89. The van der Waals surface area contributed by atoms with E-state index >= 15 is 0 Å². The van der Waals surface area contributed by atoms with Crippen LogP contribution in [0.2, 0.25) is 0 Å². The lowest BCUT2D eigenvalue weighted by Crippen LogP contribution is -2.50. The molecule has 0 aliphatic carbocycles. The van der Waals surface area contributed by atoms with Crippen molar-refractivity contribution in [2.75, 3.05) is 14.2 Å². The number of ether oxygens (including phenoxy) is 2. The van der Waals surface area contributed by atoms with Gasteiger partial charge >= 0.3 is 0 Å². The summed E-state index contributed by atoms with van der Waals surface area (Å²) in [7, 11) is 3.15. The van der Waals surface area contributed by atoms with Crippen LogP contribution in [0.25, 0.3) is 11.0 Å². The number of piperidine rings is 1. The van der Waals surface area contributed by atoms with Crippen molar-refractivity contribution >= 4 is 22.8 Å². The first-order chi connectivity index (χ1) is 15.1. The van der Waals surface area contributed by atoms with Gasteiger partial charge in [-0.25, -0.2) is 4.68 Å². The molecule has 0 unspecified atom stereocenters. The van der Waals surface area contributed by atoms with Crippen LogP contribution in [0.15, 0.2) is 42.5 Å². The van der Waals surface area contributed by atoms with E-state index in [2.05, 4.69) is 20.9 Å². The van der Waals surface area contributed by atoms with Crippen LogP contribution in [-0.4, -0.2) is 47.1 Å². The fourth-order valence-electron chi connectivity index (χ4n) is 3.89. The van der Waals surface area contributed by atoms with E-state index in [1.165, 1.54) is 0 Å². The van der Waals surface area contributed by atoms with Crippen LogP contribution in [0, 0.1) is 0 Å². The van der Waals surface area contributed by atoms with Crippen LogP contribution in [0.1, 0.15) is 30.9 Å². The molecular weight excluding hydrogens is 398 g/mol. The molecule has 31 heavy (non-hydrogen) atoms. The number of para-hydroxylation sites is 1. The molecule has 0 spiro atoms. The average Bonchev–Trinajstić information content (AvgIpc) is 3.21. The minimum absolute atomic E-state index is 0.0533. The molecular formula is C22H25N5O4. The zero-order chi connectivity index (χ0) is 21.8. The summed E-state index contributed by atoms with van der Waals surface area (Å²) in [6, 6.07) is 12.4. The number of amides is 2. The van der Waals surface area contributed by atoms with Crippen LogP contribution >= 0.6 is 0 Å². The Kier molecular flexibility index (Phi) is 6.01. The molecule has 1 saturated heterocycles. The van der Waals surface area contributed by atoms with Crippen LogP contribution in [0.5, 0.6) is 11.5 Å². The summed E-state index contributed by atoms with van der Waals surface area (Å²) in [4.78, 5) is 24.8. The number of aromatic nitrogens is 3. The standard InChI is InChI=1S/C22H25N5O4/c1-30-14-7-8-15(19(13-14)31-2)22-17(9-10-20(28)24-22)23-21(29)11-12-27-18-6-4-3-5-16(18)25-26-27/h3-8,13,17,22H,9-12H2,1-2H3,(H,23,29)(H,24,28)/t17-,22+/m1/s1. The third kappa shape index (κ3) is 4.45. The maximum absolute atomic E-state index is 12.7. The van der Waals surface area contributed by atoms with Crippen molar-refractivity contribution in [3.05, 3.63) is 48.0 Å². The largest absolute Gasteiger partial charge is 0.497 e. The summed E-state index contributed by atoms with van der Waals surface area (Å²) >= 11 is 0. The molecule has 1 aromatic heterocycles. The monoisotopic (exact) mass is 423 g/mol. The Hall–Kier alpha value is -3.62. The molecule has 0 saturated carbocycles. The first kappa shape index (κ1) is 20.6. The quantitative estimate of drug-likeness (QED) is 0.602.